The van der Waals surface area contributed by atoms with E-state index in [1.807, 2.05) is 0 Å². The summed E-state index contributed by atoms with van der Waals surface area (Å²) in [6.07, 6.45) is 2.64. The van der Waals surface area contributed by atoms with E-state index in [9.17, 15) is 4.79 Å². The largest absolute Gasteiger partial charge is 0.303 e. The Kier molecular flexibility index (Phi) is 2.85. The minimum Gasteiger partial charge on any atom is -0.303 e. The zero-order chi connectivity index (χ0) is 11.8. The molecule has 0 spiro atoms. The predicted octanol–water partition coefficient (Wildman–Crippen LogP) is 2.06. The van der Waals surface area contributed by atoms with E-state index in [2.05, 4.69) is 43.3 Å². The van der Waals surface area contributed by atoms with E-state index >= 15 is 0 Å². The van der Waals surface area contributed by atoms with Crippen LogP contribution >= 0.6 is 0 Å². The van der Waals surface area contributed by atoms with Crippen LogP contribution in [-0.2, 0) is 17.6 Å². The van der Waals surface area contributed by atoms with Crippen LogP contribution in [0.1, 0.15) is 24.5 Å². The summed E-state index contributed by atoms with van der Waals surface area (Å²) in [7, 11) is 4.16. The lowest BCUT2D eigenvalue weighted by atomic mass is 9.88. The molecule has 1 aliphatic carbocycles. The van der Waals surface area contributed by atoms with Gasteiger partial charge in [-0.1, -0.05) is 24.3 Å². The second-order valence-electron chi connectivity index (χ2n) is 5.12. The average Bonchev–Trinajstić information content (AvgIpc) is 2.55. The summed E-state index contributed by atoms with van der Waals surface area (Å²) in [5.41, 5.74) is 2.81. The first-order valence-corrected chi connectivity index (χ1v) is 5.77. The maximum atomic E-state index is 11.4. The topological polar surface area (TPSA) is 20.3 Å². The molecule has 86 valence electrons. The highest BCUT2D eigenvalue weighted by molar-refractivity contribution is 5.77. The van der Waals surface area contributed by atoms with Crippen molar-refractivity contribution >= 4 is 5.78 Å². The summed E-state index contributed by atoms with van der Waals surface area (Å²) in [6, 6.07) is 8.53. The van der Waals surface area contributed by atoms with Crippen molar-refractivity contribution in [2.75, 3.05) is 14.1 Å². The minimum atomic E-state index is 0.00944. The number of ketones is 1. The molecule has 2 heteroatoms. The van der Waals surface area contributed by atoms with Gasteiger partial charge < -0.3 is 4.90 Å². The van der Waals surface area contributed by atoms with Crippen molar-refractivity contribution in [1.82, 2.24) is 4.90 Å². The second-order valence-corrected chi connectivity index (χ2v) is 5.12. The Morgan fingerprint density at radius 3 is 2.12 bits per heavy atom. The summed E-state index contributed by atoms with van der Waals surface area (Å²) in [5.74, 6) is 0.279. The zero-order valence-corrected chi connectivity index (χ0v) is 10.3. The van der Waals surface area contributed by atoms with Crippen LogP contribution in [0.15, 0.2) is 24.3 Å². The van der Waals surface area contributed by atoms with Gasteiger partial charge in [-0.05, 0) is 45.0 Å². The SMILES string of the molecule is CC(=O)CC1(N(C)C)Cc2ccccc2C1. The van der Waals surface area contributed by atoms with Crippen LogP contribution in [0.4, 0.5) is 0 Å². The van der Waals surface area contributed by atoms with Crippen LogP contribution in [0.2, 0.25) is 0 Å². The van der Waals surface area contributed by atoms with E-state index in [1.54, 1.807) is 6.92 Å². The Bertz CT molecular complexity index is 384. The van der Waals surface area contributed by atoms with Crippen LogP contribution in [0.3, 0.4) is 0 Å². The number of benzene rings is 1. The third-order valence-corrected chi connectivity index (χ3v) is 3.68. The molecule has 16 heavy (non-hydrogen) atoms. The maximum Gasteiger partial charge on any atom is 0.131 e. The van der Waals surface area contributed by atoms with Gasteiger partial charge in [0.1, 0.15) is 5.78 Å². The van der Waals surface area contributed by atoms with Crippen molar-refractivity contribution in [3.8, 4) is 0 Å². The van der Waals surface area contributed by atoms with Crippen LogP contribution in [0.25, 0.3) is 0 Å². The lowest BCUT2D eigenvalue weighted by molar-refractivity contribution is -0.119. The first-order chi connectivity index (χ1) is 7.53. The van der Waals surface area contributed by atoms with Gasteiger partial charge in [0.25, 0.3) is 0 Å². The molecule has 0 saturated carbocycles. The highest BCUT2D eigenvalue weighted by atomic mass is 16.1. The number of fused-ring (bicyclic) bond motifs is 1. The Morgan fingerprint density at radius 1 is 1.25 bits per heavy atom. The lowest BCUT2D eigenvalue weighted by Gasteiger charge is -2.35. The van der Waals surface area contributed by atoms with E-state index in [0.29, 0.717) is 6.42 Å². The van der Waals surface area contributed by atoms with E-state index < -0.39 is 0 Å². The smallest absolute Gasteiger partial charge is 0.131 e. The van der Waals surface area contributed by atoms with Crippen LogP contribution in [0.5, 0.6) is 0 Å². The van der Waals surface area contributed by atoms with Gasteiger partial charge >= 0.3 is 0 Å². The molecule has 0 aromatic heterocycles. The Hall–Kier alpha value is -1.15. The fraction of sp³-hybridized carbons (Fsp3) is 0.500. The van der Waals surface area contributed by atoms with Gasteiger partial charge in [-0.15, -0.1) is 0 Å². The Labute approximate surface area is 97.3 Å². The molecule has 0 unspecified atom stereocenters. The van der Waals surface area contributed by atoms with Crippen molar-refractivity contribution in [3.63, 3.8) is 0 Å². The molecule has 0 atom stereocenters. The number of carbonyl (C=O) groups excluding carboxylic acids is 1. The van der Waals surface area contributed by atoms with Gasteiger partial charge in [0.2, 0.25) is 0 Å². The van der Waals surface area contributed by atoms with E-state index in [0.717, 1.165) is 12.8 Å². The Balaban J connectivity index is 2.31. The number of likely N-dealkylation sites (N-methyl/N-ethyl adjacent to an activating group) is 1. The second kappa shape index (κ2) is 4.02. The van der Waals surface area contributed by atoms with Crippen molar-refractivity contribution < 1.29 is 4.79 Å². The normalized spacial score (nSPS) is 17.5. The van der Waals surface area contributed by atoms with Gasteiger partial charge in [-0.25, -0.2) is 0 Å². The highest BCUT2D eigenvalue weighted by Crippen LogP contribution is 2.35. The fourth-order valence-corrected chi connectivity index (χ4v) is 2.74. The van der Waals surface area contributed by atoms with Crippen molar-refractivity contribution in [3.05, 3.63) is 35.4 Å². The molecule has 0 fully saturated rings. The van der Waals surface area contributed by atoms with Crippen molar-refractivity contribution in [1.29, 1.82) is 0 Å². The molecular weight excluding hydrogens is 198 g/mol. The number of hydrogen-bond acceptors (Lipinski definition) is 2. The molecule has 0 amide bonds. The number of Topliss-reactive ketones (excluding diaryl/α,β-unsaturated/α-hetero) is 1. The number of hydrogen-bond donors (Lipinski definition) is 0. The Morgan fingerprint density at radius 2 is 1.75 bits per heavy atom. The molecule has 1 aliphatic rings. The summed E-state index contributed by atoms with van der Waals surface area (Å²) in [5, 5.41) is 0. The molecule has 0 radical (unpaired) electrons. The number of nitrogens with zero attached hydrogens (tertiary/aromatic N) is 1. The molecule has 2 rings (SSSR count). The van der Waals surface area contributed by atoms with Crippen molar-refractivity contribution in [2.45, 2.75) is 31.7 Å². The quantitative estimate of drug-likeness (QED) is 0.772. The average molecular weight is 217 g/mol. The van der Waals surface area contributed by atoms with Gasteiger partial charge in [0.05, 0.1) is 0 Å². The predicted molar refractivity (Wildman–Crippen MR) is 65.6 cm³/mol. The third kappa shape index (κ3) is 1.90. The zero-order valence-electron chi connectivity index (χ0n) is 10.3. The van der Waals surface area contributed by atoms with Gasteiger partial charge in [-0.2, -0.15) is 0 Å². The molecule has 0 heterocycles. The fourth-order valence-electron chi connectivity index (χ4n) is 2.74. The summed E-state index contributed by atoms with van der Waals surface area (Å²) >= 11 is 0. The summed E-state index contributed by atoms with van der Waals surface area (Å²) in [6.45, 7) is 1.69. The highest BCUT2D eigenvalue weighted by Gasteiger charge is 2.39. The molecule has 1 aromatic carbocycles. The summed E-state index contributed by atoms with van der Waals surface area (Å²) in [4.78, 5) is 13.7. The number of rotatable bonds is 3. The van der Waals surface area contributed by atoms with Gasteiger partial charge in [0.15, 0.2) is 0 Å². The molecular formula is C14H19NO. The standard InChI is InChI=1S/C14H19NO/c1-11(16)8-14(15(2)3)9-12-6-4-5-7-13(12)10-14/h4-7H,8-10H2,1-3H3. The van der Waals surface area contributed by atoms with Crippen LogP contribution in [0, 0.1) is 0 Å². The first kappa shape index (κ1) is 11.3. The van der Waals surface area contributed by atoms with E-state index in [-0.39, 0.29) is 11.3 Å². The summed E-state index contributed by atoms with van der Waals surface area (Å²) < 4.78 is 0. The maximum absolute atomic E-state index is 11.4. The van der Waals surface area contributed by atoms with Crippen LogP contribution < -0.4 is 0 Å². The van der Waals surface area contributed by atoms with Crippen molar-refractivity contribution in [2.24, 2.45) is 0 Å². The van der Waals surface area contributed by atoms with E-state index in [1.165, 1.54) is 11.1 Å². The third-order valence-electron chi connectivity index (χ3n) is 3.68. The number of carbonyl (C=O) groups is 1. The molecule has 0 saturated heterocycles. The molecule has 0 N–H and O–H groups in total. The van der Waals surface area contributed by atoms with Gasteiger partial charge in [0, 0.05) is 12.0 Å². The first-order valence-electron chi connectivity index (χ1n) is 5.77. The van der Waals surface area contributed by atoms with Gasteiger partial charge in [-0.3, -0.25) is 4.79 Å². The molecule has 0 aliphatic heterocycles. The monoisotopic (exact) mass is 217 g/mol. The van der Waals surface area contributed by atoms with Crippen LogP contribution in [-0.4, -0.2) is 30.3 Å². The molecule has 2 nitrogen and oxygen atoms in total. The van der Waals surface area contributed by atoms with E-state index in [4.69, 9.17) is 0 Å². The molecule has 0 bridgehead atoms. The minimum absolute atomic E-state index is 0.00944. The molecule has 1 aromatic rings. The lowest BCUT2D eigenvalue weighted by Crippen LogP contribution is -2.46.